The minimum atomic E-state index is 0. The zero-order chi connectivity index (χ0) is 13.7. The first-order valence-corrected chi connectivity index (χ1v) is 8.62. The van der Waals surface area contributed by atoms with E-state index in [4.69, 9.17) is 0 Å². The maximum atomic E-state index is 2.61. The van der Waals surface area contributed by atoms with Gasteiger partial charge in [0.05, 0.1) is 0 Å². The second-order valence-electron chi connectivity index (χ2n) is 8.55. The van der Waals surface area contributed by atoms with Crippen molar-refractivity contribution in [3.63, 3.8) is 0 Å². The summed E-state index contributed by atoms with van der Waals surface area (Å²) in [6.45, 7) is 10.1. The van der Waals surface area contributed by atoms with Gasteiger partial charge in [0.1, 0.15) is 0 Å². The molecule has 0 N–H and O–H groups in total. The number of hydrogen-bond acceptors (Lipinski definition) is 0. The lowest BCUT2D eigenvalue weighted by Crippen LogP contribution is -2.41. The van der Waals surface area contributed by atoms with E-state index in [1.807, 2.05) is 5.57 Å². The molecule has 0 heterocycles. The van der Waals surface area contributed by atoms with Crippen LogP contribution in [0.15, 0.2) is 11.1 Å². The molecule has 0 aromatic rings. The van der Waals surface area contributed by atoms with Crippen LogP contribution < -0.4 is 0 Å². The molecule has 3 atom stereocenters. The lowest BCUT2D eigenvalue weighted by atomic mass is 9.53. The quantitative estimate of drug-likeness (QED) is 0.358. The molecule has 2 saturated carbocycles. The van der Waals surface area contributed by atoms with Crippen molar-refractivity contribution >= 4 is 8.41 Å². The molecule has 1 heteroatoms. The van der Waals surface area contributed by atoms with Crippen molar-refractivity contribution in [3.8, 4) is 0 Å². The minimum absolute atomic E-state index is 0. The number of rotatable bonds is 0. The van der Waals surface area contributed by atoms with Gasteiger partial charge in [-0.1, -0.05) is 52.2 Å². The first kappa shape index (κ1) is 18.9. The molecule has 0 nitrogen and oxygen atoms in total. The van der Waals surface area contributed by atoms with E-state index >= 15 is 0 Å². The highest BCUT2D eigenvalue weighted by molar-refractivity contribution is 5.75. The molecule has 3 radical (unpaired) electrons. The molecule has 2 fully saturated rings. The van der Waals surface area contributed by atoms with Gasteiger partial charge in [0.15, 0.2) is 0 Å². The number of hydrogen-bond donors (Lipinski definition) is 0. The summed E-state index contributed by atoms with van der Waals surface area (Å²) in [5.74, 6) is 1.97. The van der Waals surface area contributed by atoms with Crippen LogP contribution in [0.3, 0.4) is 0 Å². The van der Waals surface area contributed by atoms with E-state index in [-0.39, 0.29) is 15.8 Å². The topological polar surface area (TPSA) is 0 Å². The fourth-order valence-corrected chi connectivity index (χ4v) is 5.60. The SMILES string of the molecule is C.CC1=C2CCC3(C)CCCCC3CC(CC1)C2(C)C.[B]. The highest BCUT2D eigenvalue weighted by Gasteiger charge is 2.45. The monoisotopic (exact) mass is 287 g/mol. The molecular formula is C20H36B. The average molecular weight is 287 g/mol. The Morgan fingerprint density at radius 2 is 1.62 bits per heavy atom. The molecule has 0 aliphatic heterocycles. The Kier molecular flexibility index (Phi) is 5.84. The van der Waals surface area contributed by atoms with Crippen LogP contribution in [0.2, 0.25) is 0 Å². The fourth-order valence-electron chi connectivity index (χ4n) is 5.60. The second-order valence-corrected chi connectivity index (χ2v) is 8.55. The van der Waals surface area contributed by atoms with Gasteiger partial charge in [-0.15, -0.1) is 0 Å². The zero-order valence-electron chi connectivity index (χ0n) is 14.1. The average Bonchev–Trinajstić information content (AvgIpc) is 2.34. The van der Waals surface area contributed by atoms with Crippen molar-refractivity contribution in [3.05, 3.63) is 11.1 Å². The summed E-state index contributed by atoms with van der Waals surface area (Å²) >= 11 is 0. The summed E-state index contributed by atoms with van der Waals surface area (Å²) < 4.78 is 0. The lowest BCUT2D eigenvalue weighted by Gasteiger charge is -2.52. The van der Waals surface area contributed by atoms with Crippen molar-refractivity contribution in [1.29, 1.82) is 0 Å². The third kappa shape index (κ3) is 3.13. The standard InChI is InChI=1S/C19H32.CH4.B/c1-14-8-9-15-13-16-7-5-6-11-19(16,4)12-10-17(14)18(15,2)3;;/h15-16H,5-13H2,1-4H3;1H4;. The van der Waals surface area contributed by atoms with E-state index < -0.39 is 0 Å². The maximum Gasteiger partial charge on any atom is 0 e. The predicted octanol–water partition coefficient (Wildman–Crippen LogP) is 6.37. The normalized spacial score (nSPS) is 38.3. The van der Waals surface area contributed by atoms with E-state index in [2.05, 4.69) is 27.7 Å². The van der Waals surface area contributed by atoms with Crippen LogP contribution in [-0.4, -0.2) is 8.41 Å². The molecule has 3 aliphatic rings. The molecule has 0 spiro atoms. The summed E-state index contributed by atoms with van der Waals surface area (Å²) in [4.78, 5) is 0. The lowest BCUT2D eigenvalue weighted by molar-refractivity contribution is 0.0388. The largest absolute Gasteiger partial charge is 0.0776 e. The molecule has 3 aliphatic carbocycles. The molecule has 3 unspecified atom stereocenters. The van der Waals surface area contributed by atoms with E-state index in [1.165, 1.54) is 57.8 Å². The highest BCUT2D eigenvalue weighted by atomic mass is 14.5. The van der Waals surface area contributed by atoms with Crippen LogP contribution in [0.1, 0.15) is 92.9 Å². The third-order valence-electron chi connectivity index (χ3n) is 7.23. The van der Waals surface area contributed by atoms with Crippen molar-refractivity contribution in [2.24, 2.45) is 22.7 Å². The molecule has 119 valence electrons. The van der Waals surface area contributed by atoms with Crippen LogP contribution in [0, 0.1) is 22.7 Å². The van der Waals surface area contributed by atoms with E-state index in [0.29, 0.717) is 10.8 Å². The van der Waals surface area contributed by atoms with Crippen LogP contribution >= 0.6 is 0 Å². The van der Waals surface area contributed by atoms with Crippen LogP contribution in [0.25, 0.3) is 0 Å². The Morgan fingerprint density at radius 3 is 2.33 bits per heavy atom. The van der Waals surface area contributed by atoms with Crippen LogP contribution in [-0.2, 0) is 0 Å². The minimum Gasteiger partial charge on any atom is -0.0776 e. The Balaban J connectivity index is 0.00000110. The summed E-state index contributed by atoms with van der Waals surface area (Å²) in [5.41, 5.74) is 4.73. The van der Waals surface area contributed by atoms with Gasteiger partial charge in [-0.25, -0.2) is 0 Å². The maximum absolute atomic E-state index is 2.61. The van der Waals surface area contributed by atoms with Gasteiger partial charge in [0.2, 0.25) is 0 Å². The fraction of sp³-hybridized carbons (Fsp3) is 0.900. The van der Waals surface area contributed by atoms with E-state index in [0.717, 1.165) is 11.8 Å². The summed E-state index contributed by atoms with van der Waals surface area (Å²) in [5, 5.41) is 0. The Bertz CT molecular complexity index is 393. The first-order valence-electron chi connectivity index (χ1n) is 8.62. The van der Waals surface area contributed by atoms with Crippen LogP contribution in [0.4, 0.5) is 0 Å². The second kappa shape index (κ2) is 6.51. The molecule has 0 aromatic carbocycles. The van der Waals surface area contributed by atoms with Gasteiger partial charge < -0.3 is 0 Å². The Morgan fingerprint density at radius 1 is 0.905 bits per heavy atom. The number of fused-ring (bicyclic) bond motifs is 3. The Hall–Kier alpha value is -0.195. The van der Waals surface area contributed by atoms with Gasteiger partial charge in [-0.2, -0.15) is 0 Å². The predicted molar refractivity (Wildman–Crippen MR) is 95.6 cm³/mol. The summed E-state index contributed by atoms with van der Waals surface area (Å²) in [6.07, 6.45) is 13.2. The summed E-state index contributed by atoms with van der Waals surface area (Å²) in [7, 11) is 0. The van der Waals surface area contributed by atoms with Crippen molar-refractivity contribution in [2.75, 3.05) is 0 Å². The van der Waals surface area contributed by atoms with Gasteiger partial charge in [-0.05, 0) is 74.5 Å². The molecule has 21 heavy (non-hydrogen) atoms. The van der Waals surface area contributed by atoms with E-state index in [9.17, 15) is 0 Å². The first-order chi connectivity index (χ1) is 8.93. The van der Waals surface area contributed by atoms with Crippen molar-refractivity contribution < 1.29 is 0 Å². The molecule has 0 saturated heterocycles. The van der Waals surface area contributed by atoms with Crippen LogP contribution in [0.5, 0.6) is 0 Å². The zero-order valence-corrected chi connectivity index (χ0v) is 14.1. The van der Waals surface area contributed by atoms with E-state index in [1.54, 1.807) is 5.57 Å². The molecule has 2 bridgehead atoms. The van der Waals surface area contributed by atoms with Gasteiger partial charge in [-0.3, -0.25) is 0 Å². The molecule has 3 rings (SSSR count). The van der Waals surface area contributed by atoms with Crippen molar-refractivity contribution in [2.45, 2.75) is 92.9 Å². The molecule has 0 aromatic heterocycles. The molecular weight excluding hydrogens is 251 g/mol. The summed E-state index contributed by atoms with van der Waals surface area (Å²) in [6, 6.07) is 0. The number of allylic oxidation sites excluding steroid dienone is 2. The smallest absolute Gasteiger partial charge is 0 e. The Labute approximate surface area is 135 Å². The van der Waals surface area contributed by atoms with Crippen molar-refractivity contribution in [1.82, 2.24) is 0 Å². The van der Waals surface area contributed by atoms with Gasteiger partial charge >= 0.3 is 0 Å². The van der Waals surface area contributed by atoms with Gasteiger partial charge in [0, 0.05) is 8.41 Å². The third-order valence-corrected chi connectivity index (χ3v) is 7.23. The van der Waals surface area contributed by atoms with Gasteiger partial charge in [0.25, 0.3) is 0 Å². The molecule has 0 amide bonds. The highest BCUT2D eigenvalue weighted by Crippen LogP contribution is 2.57.